The zero-order valence-electron chi connectivity index (χ0n) is 19.4. The molecule has 4 nitrogen and oxygen atoms in total. The van der Waals surface area contributed by atoms with E-state index in [-0.39, 0.29) is 11.3 Å². The van der Waals surface area contributed by atoms with Gasteiger partial charge >= 0.3 is 0 Å². The Hall–Kier alpha value is -2.62. The Labute approximate surface area is 192 Å². The van der Waals surface area contributed by atoms with Crippen LogP contribution in [0.4, 0.5) is 0 Å². The van der Waals surface area contributed by atoms with Crippen LogP contribution < -0.4 is 5.73 Å². The number of fused-ring (bicyclic) bond motifs is 1. The quantitative estimate of drug-likeness (QED) is 0.302. The Bertz CT molecular complexity index is 1020. The molecule has 1 aliphatic carbocycles. The number of aromatic nitrogens is 2. The number of nitrogens with zero attached hydrogens (tertiary/aromatic N) is 2. The second kappa shape index (κ2) is 10.3. The van der Waals surface area contributed by atoms with Gasteiger partial charge in [0.25, 0.3) is 0 Å². The Balaban J connectivity index is 1.47. The smallest absolute Gasteiger partial charge is 0.223 e. The third kappa shape index (κ3) is 4.60. The summed E-state index contributed by atoms with van der Waals surface area (Å²) in [5.41, 5.74) is 9.19. The number of hydrogen-bond acceptors (Lipinski definition) is 2. The number of pyridine rings is 1. The van der Waals surface area contributed by atoms with Crippen molar-refractivity contribution in [1.82, 2.24) is 9.55 Å². The molecule has 2 aromatic heterocycles. The van der Waals surface area contributed by atoms with Crippen molar-refractivity contribution < 1.29 is 4.79 Å². The first-order chi connectivity index (χ1) is 15.7. The van der Waals surface area contributed by atoms with Crippen molar-refractivity contribution in [1.29, 1.82) is 0 Å². The summed E-state index contributed by atoms with van der Waals surface area (Å²) in [6.45, 7) is 3.06. The van der Waals surface area contributed by atoms with E-state index in [1.165, 1.54) is 42.2 Å². The highest BCUT2D eigenvalue weighted by atomic mass is 16.1. The van der Waals surface area contributed by atoms with E-state index < -0.39 is 0 Å². The second-order valence-corrected chi connectivity index (χ2v) is 9.50. The van der Waals surface area contributed by atoms with Crippen LogP contribution in [0, 0.1) is 11.3 Å². The monoisotopic (exact) mass is 431 g/mol. The van der Waals surface area contributed by atoms with Crippen molar-refractivity contribution in [2.75, 3.05) is 0 Å². The van der Waals surface area contributed by atoms with E-state index >= 15 is 0 Å². The minimum Gasteiger partial charge on any atom is -0.369 e. The highest BCUT2D eigenvalue weighted by molar-refractivity contribution is 5.94. The Morgan fingerprint density at radius 1 is 1.06 bits per heavy atom. The maximum atomic E-state index is 12.7. The van der Waals surface area contributed by atoms with E-state index in [2.05, 4.69) is 53.0 Å². The summed E-state index contributed by atoms with van der Waals surface area (Å²) in [5.74, 6) is 0.373. The fourth-order valence-electron chi connectivity index (χ4n) is 5.86. The summed E-state index contributed by atoms with van der Waals surface area (Å²) < 4.78 is 2.28. The van der Waals surface area contributed by atoms with Crippen LogP contribution in [0.15, 0.2) is 54.9 Å². The van der Waals surface area contributed by atoms with Crippen LogP contribution in [0.3, 0.4) is 0 Å². The van der Waals surface area contributed by atoms with Crippen molar-refractivity contribution in [2.45, 2.75) is 77.7 Å². The van der Waals surface area contributed by atoms with Gasteiger partial charge in [-0.2, -0.15) is 0 Å². The van der Waals surface area contributed by atoms with E-state index in [1.54, 1.807) is 0 Å². The molecule has 170 valence electrons. The average molecular weight is 432 g/mol. The summed E-state index contributed by atoms with van der Waals surface area (Å²) in [6, 6.07) is 14.7. The van der Waals surface area contributed by atoms with E-state index in [4.69, 9.17) is 5.73 Å². The lowest BCUT2D eigenvalue weighted by atomic mass is 9.66. The molecule has 0 aliphatic heterocycles. The molecular weight excluding hydrogens is 394 g/mol. The van der Waals surface area contributed by atoms with Crippen LogP contribution in [0.25, 0.3) is 22.2 Å². The molecule has 1 saturated carbocycles. The summed E-state index contributed by atoms with van der Waals surface area (Å²) in [5, 5.41) is 1.19. The highest BCUT2D eigenvalue weighted by Crippen LogP contribution is 2.44. The number of rotatable bonds is 9. The fourth-order valence-corrected chi connectivity index (χ4v) is 5.86. The summed E-state index contributed by atoms with van der Waals surface area (Å²) in [6.07, 6.45) is 15.3. The van der Waals surface area contributed by atoms with Gasteiger partial charge < -0.3 is 10.3 Å². The zero-order valence-corrected chi connectivity index (χ0v) is 19.4. The number of nitrogens with two attached hydrogens (primary N) is 1. The normalized spacial score (nSPS) is 17.2. The largest absolute Gasteiger partial charge is 0.369 e. The van der Waals surface area contributed by atoms with Crippen LogP contribution in [-0.4, -0.2) is 15.5 Å². The third-order valence-corrected chi connectivity index (χ3v) is 7.75. The van der Waals surface area contributed by atoms with E-state index in [0.717, 1.165) is 50.7 Å². The predicted molar refractivity (Wildman–Crippen MR) is 132 cm³/mol. The molecule has 1 amide bonds. The van der Waals surface area contributed by atoms with E-state index in [1.807, 2.05) is 18.3 Å². The number of hydrogen-bond donors (Lipinski definition) is 1. The van der Waals surface area contributed by atoms with Gasteiger partial charge in [-0.05, 0) is 55.7 Å². The third-order valence-electron chi connectivity index (χ3n) is 7.75. The van der Waals surface area contributed by atoms with E-state index in [0.29, 0.717) is 5.92 Å². The van der Waals surface area contributed by atoms with Crippen LogP contribution in [0.2, 0.25) is 0 Å². The standard InChI is InChI=1S/C28H37N3O/c1-2-28(27(29)32,23-15-8-3-4-9-16-23)18-10-11-20-31-21-25(22-13-6-5-7-14-22)24-17-12-19-30-26(24)31/h5-7,12-14,17,19,21,23H,2-4,8-11,15-16,18,20H2,1H3,(H2,29,32). The number of carbonyl (C=O) groups excluding carboxylic acids is 1. The predicted octanol–water partition coefficient (Wildman–Crippen LogP) is 6.73. The van der Waals surface area contributed by atoms with Crippen LogP contribution >= 0.6 is 0 Å². The number of unbranched alkanes of at least 4 members (excludes halogenated alkanes) is 1. The van der Waals surface area contributed by atoms with Gasteiger partial charge in [0.1, 0.15) is 5.65 Å². The maximum absolute atomic E-state index is 12.7. The second-order valence-electron chi connectivity index (χ2n) is 9.50. The Morgan fingerprint density at radius 2 is 1.81 bits per heavy atom. The molecule has 1 aromatic carbocycles. The number of carbonyl (C=O) groups is 1. The van der Waals surface area contributed by atoms with Gasteiger partial charge in [-0.1, -0.05) is 69.4 Å². The lowest BCUT2D eigenvalue weighted by Gasteiger charge is -2.37. The van der Waals surface area contributed by atoms with E-state index in [9.17, 15) is 4.79 Å². The number of primary amides is 1. The van der Waals surface area contributed by atoms with Crippen molar-refractivity contribution in [2.24, 2.45) is 17.1 Å². The molecule has 2 N–H and O–H groups in total. The molecule has 3 aromatic rings. The summed E-state index contributed by atoms with van der Waals surface area (Å²) >= 11 is 0. The van der Waals surface area contributed by atoms with Crippen molar-refractivity contribution in [3.05, 3.63) is 54.9 Å². The SMILES string of the molecule is CCC(CCCCn1cc(-c2ccccc2)c2cccnc21)(C(N)=O)C1CCCCCC1. The average Bonchev–Trinajstić information content (AvgIpc) is 2.98. The first-order valence-corrected chi connectivity index (χ1v) is 12.4. The molecule has 1 fully saturated rings. The molecule has 0 radical (unpaired) electrons. The molecule has 0 bridgehead atoms. The lowest BCUT2D eigenvalue weighted by Crippen LogP contribution is -2.43. The van der Waals surface area contributed by atoms with Crippen molar-refractivity contribution in [3.8, 4) is 11.1 Å². The molecule has 0 saturated heterocycles. The Morgan fingerprint density at radius 3 is 2.50 bits per heavy atom. The van der Waals surface area contributed by atoms with Gasteiger partial charge in [0.2, 0.25) is 5.91 Å². The highest BCUT2D eigenvalue weighted by Gasteiger charge is 2.41. The van der Waals surface area contributed by atoms with Gasteiger partial charge in [-0.3, -0.25) is 4.79 Å². The van der Waals surface area contributed by atoms with Crippen molar-refractivity contribution >= 4 is 16.9 Å². The van der Waals surface area contributed by atoms with Crippen molar-refractivity contribution in [3.63, 3.8) is 0 Å². The van der Waals surface area contributed by atoms with Gasteiger partial charge in [-0.25, -0.2) is 4.98 Å². The number of benzene rings is 1. The molecule has 1 aliphatic rings. The molecule has 1 unspecified atom stereocenters. The topological polar surface area (TPSA) is 60.9 Å². The minimum atomic E-state index is -0.337. The maximum Gasteiger partial charge on any atom is 0.223 e. The summed E-state index contributed by atoms with van der Waals surface area (Å²) in [7, 11) is 0. The molecule has 4 heteroatoms. The first-order valence-electron chi connectivity index (χ1n) is 12.4. The molecular formula is C28H37N3O. The Kier molecular flexibility index (Phi) is 7.29. The van der Waals surface area contributed by atoms with Gasteiger partial charge in [0.05, 0.1) is 5.41 Å². The van der Waals surface area contributed by atoms with Crippen LogP contribution in [0.5, 0.6) is 0 Å². The molecule has 2 heterocycles. The van der Waals surface area contributed by atoms with Crippen LogP contribution in [-0.2, 0) is 11.3 Å². The van der Waals surface area contributed by atoms with Gasteiger partial charge in [0.15, 0.2) is 0 Å². The number of aryl methyl sites for hydroxylation is 1. The first kappa shape index (κ1) is 22.6. The summed E-state index contributed by atoms with van der Waals surface area (Å²) in [4.78, 5) is 17.3. The zero-order chi connectivity index (χ0) is 22.4. The van der Waals surface area contributed by atoms with Gasteiger partial charge in [-0.15, -0.1) is 0 Å². The minimum absolute atomic E-state index is 0.0775. The molecule has 1 atom stereocenters. The fraction of sp³-hybridized carbons (Fsp3) is 0.500. The molecule has 0 spiro atoms. The number of amides is 1. The lowest BCUT2D eigenvalue weighted by molar-refractivity contribution is -0.132. The van der Waals surface area contributed by atoms with Crippen LogP contribution in [0.1, 0.15) is 71.1 Å². The van der Waals surface area contributed by atoms with Gasteiger partial charge in [0, 0.05) is 29.9 Å². The molecule has 4 rings (SSSR count). The molecule has 32 heavy (non-hydrogen) atoms.